The number of ether oxygens (including phenoxy) is 3. The van der Waals surface area contributed by atoms with Crippen molar-refractivity contribution in [1.82, 2.24) is 5.43 Å². The number of anilines is 1. The molecule has 0 aliphatic carbocycles. The molecule has 1 saturated heterocycles. The second-order valence-electron chi connectivity index (χ2n) is 6.94. The summed E-state index contributed by atoms with van der Waals surface area (Å²) in [7, 11) is 0. The zero-order valence-electron chi connectivity index (χ0n) is 17.6. The van der Waals surface area contributed by atoms with Crippen LogP contribution in [-0.2, 0) is 19.1 Å². The van der Waals surface area contributed by atoms with Crippen LogP contribution in [0.4, 0.5) is 5.69 Å². The highest BCUT2D eigenvalue weighted by Gasteiger charge is 2.34. The van der Waals surface area contributed by atoms with Gasteiger partial charge in [0.15, 0.2) is 18.1 Å². The lowest BCUT2D eigenvalue weighted by atomic mass is 10.1. The van der Waals surface area contributed by atoms with E-state index in [2.05, 4.69) is 5.43 Å². The third-order valence-corrected chi connectivity index (χ3v) is 4.20. The molecular weight excluding hydrogens is 400 g/mol. The molecule has 0 unspecified atom stereocenters. The minimum absolute atomic E-state index is 0.000445. The Hall–Kier alpha value is -3.81. The Morgan fingerprint density at radius 3 is 2.48 bits per heavy atom. The van der Waals surface area contributed by atoms with Gasteiger partial charge in [-0.25, -0.2) is 9.80 Å². The summed E-state index contributed by atoms with van der Waals surface area (Å²) < 4.78 is 16.2. The van der Waals surface area contributed by atoms with Crippen molar-refractivity contribution in [3.8, 4) is 11.5 Å². The first-order chi connectivity index (χ1) is 14.9. The fourth-order valence-electron chi connectivity index (χ4n) is 2.92. The van der Waals surface area contributed by atoms with Crippen molar-refractivity contribution in [2.45, 2.75) is 26.9 Å². The third-order valence-electron chi connectivity index (χ3n) is 4.20. The van der Waals surface area contributed by atoms with Crippen LogP contribution >= 0.6 is 0 Å². The molecule has 2 amide bonds. The van der Waals surface area contributed by atoms with E-state index in [1.807, 2.05) is 13.0 Å². The standard InChI is InChI=1S/C23H24N2O6/c1-4-29-20-13-16(10-11-19(20)30-14-21(26)31-15(2)3)12-18-22(27)24-25(23(18)28)17-8-6-5-7-9-17/h5-13,15H,4,14H2,1-3H3,(H,24,27). The Kier molecular flexibility index (Phi) is 6.92. The summed E-state index contributed by atoms with van der Waals surface area (Å²) in [5.41, 5.74) is 3.70. The molecule has 0 atom stereocenters. The molecule has 3 rings (SSSR count). The summed E-state index contributed by atoms with van der Waals surface area (Å²) in [4.78, 5) is 36.8. The molecule has 8 nitrogen and oxygen atoms in total. The summed E-state index contributed by atoms with van der Waals surface area (Å²) in [5.74, 6) is -0.690. The van der Waals surface area contributed by atoms with E-state index in [1.165, 1.54) is 11.1 Å². The normalized spacial score (nSPS) is 14.7. The molecule has 8 heteroatoms. The van der Waals surface area contributed by atoms with E-state index in [0.29, 0.717) is 29.4 Å². The van der Waals surface area contributed by atoms with Gasteiger partial charge in [-0.1, -0.05) is 24.3 Å². The van der Waals surface area contributed by atoms with Gasteiger partial charge in [-0.3, -0.25) is 15.0 Å². The maximum absolute atomic E-state index is 12.7. The Bertz CT molecular complexity index is 1000. The van der Waals surface area contributed by atoms with E-state index in [4.69, 9.17) is 14.2 Å². The summed E-state index contributed by atoms with van der Waals surface area (Å²) in [6.07, 6.45) is 1.25. The number of hydrogen-bond acceptors (Lipinski definition) is 6. The van der Waals surface area contributed by atoms with Gasteiger partial charge >= 0.3 is 5.97 Å². The second-order valence-corrected chi connectivity index (χ2v) is 6.94. The summed E-state index contributed by atoms with van der Waals surface area (Å²) in [6.45, 7) is 5.43. The van der Waals surface area contributed by atoms with Crippen LogP contribution in [0.15, 0.2) is 54.1 Å². The van der Waals surface area contributed by atoms with E-state index in [-0.39, 0.29) is 18.3 Å². The molecule has 0 aromatic heterocycles. The highest BCUT2D eigenvalue weighted by atomic mass is 16.6. The van der Waals surface area contributed by atoms with Crippen LogP contribution in [0.25, 0.3) is 6.08 Å². The molecular formula is C23H24N2O6. The largest absolute Gasteiger partial charge is 0.490 e. The minimum Gasteiger partial charge on any atom is -0.490 e. The Balaban J connectivity index is 1.80. The van der Waals surface area contributed by atoms with Crippen LogP contribution in [0.5, 0.6) is 11.5 Å². The van der Waals surface area contributed by atoms with Crippen LogP contribution < -0.4 is 19.9 Å². The van der Waals surface area contributed by atoms with Crippen molar-refractivity contribution in [3.05, 3.63) is 59.7 Å². The molecule has 1 aliphatic rings. The lowest BCUT2D eigenvalue weighted by molar-refractivity contribution is -0.149. The van der Waals surface area contributed by atoms with Gasteiger partial charge in [0, 0.05) is 0 Å². The Labute approximate surface area is 180 Å². The molecule has 0 saturated carbocycles. The second kappa shape index (κ2) is 9.80. The average molecular weight is 424 g/mol. The Morgan fingerprint density at radius 2 is 1.81 bits per heavy atom. The molecule has 0 radical (unpaired) electrons. The van der Waals surface area contributed by atoms with Gasteiger partial charge in [-0.05, 0) is 56.7 Å². The number of benzene rings is 2. The van der Waals surface area contributed by atoms with Crippen molar-refractivity contribution >= 4 is 29.5 Å². The number of hydrogen-bond donors (Lipinski definition) is 1. The minimum atomic E-state index is -0.497. The SMILES string of the molecule is CCOc1cc(C=C2C(=O)NN(c3ccccc3)C2=O)ccc1OCC(=O)OC(C)C. The van der Waals surface area contributed by atoms with Crippen molar-refractivity contribution in [3.63, 3.8) is 0 Å². The lowest BCUT2D eigenvalue weighted by Gasteiger charge is -2.14. The van der Waals surface area contributed by atoms with Gasteiger partial charge in [0.1, 0.15) is 5.57 Å². The predicted molar refractivity (Wildman–Crippen MR) is 114 cm³/mol. The highest BCUT2D eigenvalue weighted by Crippen LogP contribution is 2.30. The number of hydrazine groups is 1. The number of para-hydroxylation sites is 1. The number of nitrogens with one attached hydrogen (secondary N) is 1. The number of carbonyl (C=O) groups excluding carboxylic acids is 3. The molecule has 1 N–H and O–H groups in total. The van der Waals surface area contributed by atoms with Gasteiger partial charge < -0.3 is 14.2 Å². The maximum Gasteiger partial charge on any atom is 0.344 e. The van der Waals surface area contributed by atoms with Gasteiger partial charge in [-0.2, -0.15) is 0 Å². The molecule has 2 aromatic rings. The number of esters is 1. The molecule has 1 aliphatic heterocycles. The van der Waals surface area contributed by atoms with Gasteiger partial charge in [0.2, 0.25) is 0 Å². The predicted octanol–water partition coefficient (Wildman–Crippen LogP) is 2.88. The van der Waals surface area contributed by atoms with E-state index in [1.54, 1.807) is 56.3 Å². The smallest absolute Gasteiger partial charge is 0.344 e. The van der Waals surface area contributed by atoms with Crippen LogP contribution in [0.3, 0.4) is 0 Å². The summed E-state index contributed by atoms with van der Waals surface area (Å²) >= 11 is 0. The number of nitrogens with zero attached hydrogens (tertiary/aromatic N) is 1. The lowest BCUT2D eigenvalue weighted by Crippen LogP contribution is -2.35. The number of rotatable bonds is 8. The number of carbonyl (C=O) groups is 3. The first-order valence-corrected chi connectivity index (χ1v) is 9.90. The van der Waals surface area contributed by atoms with Gasteiger partial charge in [-0.15, -0.1) is 0 Å². The first-order valence-electron chi connectivity index (χ1n) is 9.90. The fourth-order valence-corrected chi connectivity index (χ4v) is 2.92. The fraction of sp³-hybridized carbons (Fsp3) is 0.261. The molecule has 0 spiro atoms. The molecule has 1 heterocycles. The van der Waals surface area contributed by atoms with Crippen molar-refractivity contribution < 1.29 is 28.6 Å². The van der Waals surface area contributed by atoms with Gasteiger partial charge in [0.25, 0.3) is 11.8 Å². The Morgan fingerprint density at radius 1 is 1.06 bits per heavy atom. The summed E-state index contributed by atoms with van der Waals surface area (Å²) in [5, 5.41) is 1.20. The third kappa shape index (κ3) is 5.42. The average Bonchev–Trinajstić information content (AvgIpc) is 3.02. The molecule has 31 heavy (non-hydrogen) atoms. The zero-order valence-corrected chi connectivity index (χ0v) is 17.6. The van der Waals surface area contributed by atoms with E-state index in [0.717, 1.165) is 0 Å². The van der Waals surface area contributed by atoms with Crippen molar-refractivity contribution in [2.75, 3.05) is 18.2 Å². The molecule has 1 fully saturated rings. The van der Waals surface area contributed by atoms with Crippen LogP contribution in [0.1, 0.15) is 26.3 Å². The van der Waals surface area contributed by atoms with E-state index < -0.39 is 17.8 Å². The van der Waals surface area contributed by atoms with E-state index in [9.17, 15) is 14.4 Å². The topological polar surface area (TPSA) is 94.2 Å². The van der Waals surface area contributed by atoms with E-state index >= 15 is 0 Å². The van der Waals surface area contributed by atoms with Crippen LogP contribution in [0, 0.1) is 0 Å². The maximum atomic E-state index is 12.7. The first kappa shape index (κ1) is 21.9. The quantitative estimate of drug-likeness (QED) is 0.398. The number of amides is 2. The summed E-state index contributed by atoms with van der Waals surface area (Å²) in [6, 6.07) is 13.8. The molecule has 0 bridgehead atoms. The van der Waals surface area contributed by atoms with Crippen molar-refractivity contribution in [2.24, 2.45) is 0 Å². The van der Waals surface area contributed by atoms with Gasteiger partial charge in [0.05, 0.1) is 18.4 Å². The van der Waals surface area contributed by atoms with Crippen LogP contribution in [0.2, 0.25) is 0 Å². The molecule has 162 valence electrons. The van der Waals surface area contributed by atoms with Crippen molar-refractivity contribution in [1.29, 1.82) is 0 Å². The zero-order chi connectivity index (χ0) is 22.4. The van der Waals surface area contributed by atoms with Crippen LogP contribution in [-0.4, -0.2) is 37.1 Å². The monoisotopic (exact) mass is 424 g/mol. The molecule has 2 aromatic carbocycles. The highest BCUT2D eigenvalue weighted by molar-refractivity contribution is 6.31.